The van der Waals surface area contributed by atoms with Gasteiger partial charge in [0.15, 0.2) is 0 Å². The second-order valence-electron chi connectivity index (χ2n) is 15.0. The number of ether oxygens (including phenoxy) is 2. The van der Waals surface area contributed by atoms with Crippen molar-refractivity contribution in [2.24, 2.45) is 11.8 Å². The Hall–Kier alpha value is -4.40. The van der Waals surface area contributed by atoms with Crippen molar-refractivity contribution in [2.45, 2.75) is 113 Å². The number of hydrogen-bond acceptors (Lipinski definition) is 9. The molecule has 3 aliphatic carbocycles. The van der Waals surface area contributed by atoms with E-state index in [2.05, 4.69) is 28.0 Å². The molecule has 3 aliphatic heterocycles. The van der Waals surface area contributed by atoms with Crippen LogP contribution in [0.2, 0.25) is 0 Å². The number of nitrogens with zero attached hydrogens (tertiary/aromatic N) is 2. The monoisotopic (exact) mass is 737 g/mol. The summed E-state index contributed by atoms with van der Waals surface area (Å²) in [7, 11) is -3.90. The zero-order valence-corrected chi connectivity index (χ0v) is 30.0. The van der Waals surface area contributed by atoms with Crippen molar-refractivity contribution in [3.63, 3.8) is 0 Å². The molecule has 14 nitrogen and oxygen atoms in total. The van der Waals surface area contributed by atoms with E-state index in [9.17, 15) is 32.4 Å². The van der Waals surface area contributed by atoms with Crippen LogP contribution in [0, 0.1) is 11.8 Å². The second-order valence-corrected chi connectivity index (χ2v) is 16.9. The van der Waals surface area contributed by atoms with Crippen molar-refractivity contribution in [3.8, 4) is 0 Å². The number of benzene rings is 1. The van der Waals surface area contributed by atoms with Gasteiger partial charge >= 0.3 is 12.2 Å². The van der Waals surface area contributed by atoms with Gasteiger partial charge in [-0.05, 0) is 74.0 Å². The van der Waals surface area contributed by atoms with Crippen LogP contribution in [-0.2, 0) is 47.0 Å². The van der Waals surface area contributed by atoms with Crippen molar-refractivity contribution >= 4 is 46.0 Å². The number of nitrogens with one attached hydrogen (secondary N) is 3. The highest BCUT2D eigenvalue weighted by atomic mass is 32.2. The number of alkyl carbamates (subject to hydrolysis) is 1. The third-order valence-corrected chi connectivity index (χ3v) is 13.2. The lowest BCUT2D eigenvalue weighted by Gasteiger charge is -2.32. The third-order valence-electron chi connectivity index (χ3n) is 11.3. The Morgan fingerprint density at radius 2 is 1.83 bits per heavy atom. The molecular weight excluding hydrogens is 691 g/mol. The van der Waals surface area contributed by atoms with E-state index >= 15 is 0 Å². The Kier molecular flexibility index (Phi) is 10.1. The minimum Gasteiger partial charge on any atom is -0.450 e. The Morgan fingerprint density at radius 1 is 1.04 bits per heavy atom. The first-order valence-corrected chi connectivity index (χ1v) is 20.0. The van der Waals surface area contributed by atoms with Crippen LogP contribution in [0.15, 0.2) is 36.9 Å². The van der Waals surface area contributed by atoms with E-state index in [0.29, 0.717) is 45.2 Å². The molecule has 4 bridgehead atoms. The molecule has 0 spiro atoms. The number of carbonyl (C=O) groups excluding carboxylic acids is 5. The largest absolute Gasteiger partial charge is 0.450 e. The van der Waals surface area contributed by atoms with Crippen LogP contribution >= 0.6 is 0 Å². The smallest absolute Gasteiger partial charge is 0.410 e. The maximum atomic E-state index is 14.5. The zero-order valence-electron chi connectivity index (χ0n) is 29.2. The number of cyclic esters (lactones) is 1. The molecule has 15 heteroatoms. The van der Waals surface area contributed by atoms with Gasteiger partial charge in [-0.3, -0.25) is 24.0 Å². The molecule has 0 aromatic heterocycles. The van der Waals surface area contributed by atoms with Crippen molar-refractivity contribution in [2.75, 3.05) is 13.2 Å². The molecule has 0 radical (unpaired) electrons. The summed E-state index contributed by atoms with van der Waals surface area (Å²) in [6, 6.07) is 3.77. The number of rotatable bonds is 7. The average Bonchev–Trinajstić information content (AvgIpc) is 3.90. The summed E-state index contributed by atoms with van der Waals surface area (Å²) in [4.78, 5) is 71.7. The first kappa shape index (κ1) is 36.0. The van der Waals surface area contributed by atoms with Gasteiger partial charge in [0.1, 0.15) is 23.7 Å². The molecule has 0 unspecified atom stereocenters. The van der Waals surface area contributed by atoms with Crippen LogP contribution in [0.5, 0.6) is 0 Å². The first-order chi connectivity index (χ1) is 25.0. The lowest BCUT2D eigenvalue weighted by molar-refractivity contribution is -0.142. The molecule has 5 amide bonds. The minimum absolute atomic E-state index is 0.0588. The minimum atomic E-state index is -3.90. The highest BCUT2D eigenvalue weighted by Crippen LogP contribution is 2.45. The number of sulfonamides is 1. The van der Waals surface area contributed by atoms with Crippen LogP contribution in [-0.4, -0.2) is 90.3 Å². The summed E-state index contributed by atoms with van der Waals surface area (Å²) in [5, 5.41) is 4.91. The molecule has 52 heavy (non-hydrogen) atoms. The highest BCUT2D eigenvalue weighted by molar-refractivity contribution is 7.91. The Bertz CT molecular complexity index is 1770. The summed E-state index contributed by atoms with van der Waals surface area (Å²) in [5.41, 5.74) is 1.48. The quantitative estimate of drug-likeness (QED) is 0.354. The molecule has 3 N–H and O–H groups in total. The van der Waals surface area contributed by atoms with Crippen molar-refractivity contribution in [1.82, 2.24) is 25.2 Å². The highest BCUT2D eigenvalue weighted by Gasteiger charge is 2.62. The number of carbonyl (C=O) groups is 5. The van der Waals surface area contributed by atoms with Gasteiger partial charge in [0.25, 0.3) is 5.91 Å². The Morgan fingerprint density at radius 3 is 2.56 bits per heavy atom. The summed E-state index contributed by atoms with van der Waals surface area (Å²) >= 11 is 0. The van der Waals surface area contributed by atoms with Crippen LogP contribution in [0.1, 0.15) is 87.3 Å². The SMILES string of the molecule is C=C[C@H]1C[C@]1(NC(=O)[C@@H]1C[C@@H]2CN1C(=O)[C@H](C1CCCC1)NC(=O)OCCCC/C=C/c1cccc3c1CN(C3)C(=O)O2)C(=O)NS(=O)(=O)C1CC1. The summed E-state index contributed by atoms with van der Waals surface area (Å²) in [6.07, 6.45) is 9.77. The molecule has 4 fully saturated rings. The molecule has 3 heterocycles. The predicted octanol–water partition coefficient (Wildman–Crippen LogP) is 3.26. The van der Waals surface area contributed by atoms with Gasteiger partial charge in [-0.1, -0.05) is 49.3 Å². The molecule has 7 rings (SSSR count). The number of hydrogen-bond donors (Lipinski definition) is 3. The average molecular weight is 738 g/mol. The van der Waals surface area contributed by atoms with E-state index in [4.69, 9.17) is 9.47 Å². The number of allylic oxidation sites excluding steroid dienone is 1. The Labute approximate surface area is 303 Å². The molecule has 1 saturated heterocycles. The van der Waals surface area contributed by atoms with Crippen molar-refractivity contribution in [1.29, 1.82) is 0 Å². The Balaban J connectivity index is 1.15. The normalized spacial score (nSPS) is 30.5. The maximum absolute atomic E-state index is 14.5. The van der Waals surface area contributed by atoms with Gasteiger partial charge in [0, 0.05) is 18.9 Å². The topological polar surface area (TPSA) is 181 Å². The third kappa shape index (κ3) is 7.42. The maximum Gasteiger partial charge on any atom is 0.410 e. The van der Waals surface area contributed by atoms with E-state index in [1.165, 1.54) is 11.0 Å². The van der Waals surface area contributed by atoms with Crippen LogP contribution < -0.4 is 15.4 Å². The molecular formula is C37H47N5O9S. The van der Waals surface area contributed by atoms with E-state index in [1.807, 2.05) is 24.3 Å². The number of fused-ring (bicyclic) bond motifs is 3. The van der Waals surface area contributed by atoms with Crippen LogP contribution in [0.4, 0.5) is 9.59 Å². The molecule has 6 aliphatic rings. The van der Waals surface area contributed by atoms with Gasteiger partial charge in [0.2, 0.25) is 21.8 Å². The van der Waals surface area contributed by atoms with Gasteiger partial charge in [-0.2, -0.15) is 0 Å². The van der Waals surface area contributed by atoms with E-state index in [-0.39, 0.29) is 31.9 Å². The molecule has 1 aromatic carbocycles. The fraction of sp³-hybridized carbons (Fsp3) is 0.595. The zero-order chi connectivity index (χ0) is 36.6. The second kappa shape index (κ2) is 14.6. The summed E-state index contributed by atoms with van der Waals surface area (Å²) in [6.45, 7) is 4.53. The van der Waals surface area contributed by atoms with Gasteiger partial charge in [0.05, 0.1) is 24.9 Å². The van der Waals surface area contributed by atoms with Crippen molar-refractivity contribution < 1.29 is 41.9 Å². The van der Waals surface area contributed by atoms with E-state index in [0.717, 1.165) is 42.4 Å². The van der Waals surface area contributed by atoms with Crippen LogP contribution in [0.25, 0.3) is 6.08 Å². The van der Waals surface area contributed by atoms with Gasteiger partial charge in [-0.15, -0.1) is 6.58 Å². The molecule has 3 saturated carbocycles. The molecule has 280 valence electrons. The first-order valence-electron chi connectivity index (χ1n) is 18.5. The summed E-state index contributed by atoms with van der Waals surface area (Å²) < 4.78 is 39.0. The van der Waals surface area contributed by atoms with Crippen LogP contribution in [0.3, 0.4) is 0 Å². The fourth-order valence-electron chi connectivity index (χ4n) is 8.10. The van der Waals surface area contributed by atoms with Gasteiger partial charge in [-0.25, -0.2) is 18.0 Å². The fourth-order valence-corrected chi connectivity index (χ4v) is 9.47. The predicted molar refractivity (Wildman–Crippen MR) is 188 cm³/mol. The lowest BCUT2D eigenvalue weighted by atomic mass is 9.96. The van der Waals surface area contributed by atoms with Gasteiger partial charge < -0.3 is 25.0 Å². The molecule has 1 aromatic rings. The van der Waals surface area contributed by atoms with Crippen molar-refractivity contribution in [3.05, 3.63) is 53.6 Å². The van der Waals surface area contributed by atoms with E-state index in [1.54, 1.807) is 4.90 Å². The lowest BCUT2D eigenvalue weighted by Crippen LogP contribution is -2.59. The standard InChI is InChI=1S/C37H47N5O9S/c1-2-26-19-37(26,34(45)40-52(48,49)28-15-16-28)39-32(43)30-18-27-21-42(30)33(44)31(24-11-6-7-12-24)38-35(46)50-17-8-4-3-5-10-23-13-9-14-25-20-41(22-29(23)25)36(47)51-27/h2,5,9-10,13-14,24,26-28,30-31H,1,3-4,6-8,11-12,15-22H2,(H,38,46)(H,39,43)(H,40,45)/b10-5+/t26-,27+,30-,31-,37+/m0/s1. The summed E-state index contributed by atoms with van der Waals surface area (Å²) in [5.74, 6) is -2.77. The van der Waals surface area contributed by atoms with E-state index < -0.39 is 74.8 Å². The molecule has 5 atom stereocenters. The number of amides is 5.